The molecule has 2 aliphatic rings. The predicted molar refractivity (Wildman–Crippen MR) is 234 cm³/mol. The number of amides is 1. The molecule has 0 fully saturated rings. The first-order valence-corrected chi connectivity index (χ1v) is 22.2. The molecule has 1 amide bonds. The number of nitrogens with zero attached hydrogens (tertiary/aromatic N) is 3. The summed E-state index contributed by atoms with van der Waals surface area (Å²) < 4.78 is 48.4. The molecule has 0 radical (unpaired) electrons. The summed E-state index contributed by atoms with van der Waals surface area (Å²) in [5.74, 6) is -0.549. The molecule has 5 aromatic carbocycles. The lowest BCUT2D eigenvalue weighted by atomic mass is 9.94. The van der Waals surface area contributed by atoms with Crippen molar-refractivity contribution < 1.29 is 37.3 Å². The number of hydrogen-bond donors (Lipinski definition) is 3. The van der Waals surface area contributed by atoms with Gasteiger partial charge < -0.3 is 30.4 Å². The summed E-state index contributed by atoms with van der Waals surface area (Å²) in [5.41, 5.74) is 13.0. The maximum absolute atomic E-state index is 14.4. The lowest BCUT2D eigenvalue weighted by Gasteiger charge is -2.36. The van der Waals surface area contributed by atoms with Crippen LogP contribution in [0.3, 0.4) is 0 Å². The number of aliphatic carboxylic acids is 1. The lowest BCUT2D eigenvalue weighted by Crippen LogP contribution is -2.55. The Hall–Kier alpha value is -6.44. The van der Waals surface area contributed by atoms with Crippen LogP contribution in [0.25, 0.3) is 11.1 Å². The van der Waals surface area contributed by atoms with E-state index in [9.17, 15) is 23.1 Å². The number of benzene rings is 5. The van der Waals surface area contributed by atoms with Crippen LogP contribution in [0.2, 0.25) is 5.02 Å². The van der Waals surface area contributed by atoms with Gasteiger partial charge in [0, 0.05) is 18.0 Å². The summed E-state index contributed by atoms with van der Waals surface area (Å²) in [6.45, 7) is 3.79. The zero-order valence-corrected chi connectivity index (χ0v) is 35.9. The molecule has 1 aromatic heterocycles. The fraction of sp³-hybridized carbons (Fsp3) is 0.217. The molecule has 16 heteroatoms. The number of nitriles is 1. The van der Waals surface area contributed by atoms with Crippen LogP contribution in [0.1, 0.15) is 50.7 Å². The van der Waals surface area contributed by atoms with Gasteiger partial charge in [-0.05, 0) is 107 Å². The number of nitrogens with one attached hydrogen (secondary N) is 1. The first-order chi connectivity index (χ1) is 29.7. The lowest BCUT2D eigenvalue weighted by molar-refractivity contribution is -0.142. The van der Waals surface area contributed by atoms with Gasteiger partial charge in [-0.25, -0.2) is 18.2 Å². The fourth-order valence-corrected chi connectivity index (χ4v) is 10.6. The normalized spacial score (nSPS) is 16.4. The minimum atomic E-state index is -4.37. The largest absolute Gasteiger partial charge is 0.489 e. The van der Waals surface area contributed by atoms with Crippen LogP contribution in [0, 0.1) is 25.2 Å². The van der Waals surface area contributed by atoms with E-state index >= 15 is 0 Å². The van der Waals surface area contributed by atoms with Gasteiger partial charge in [0.15, 0.2) is 26.9 Å². The van der Waals surface area contributed by atoms with Gasteiger partial charge in [0.25, 0.3) is 10.0 Å². The molecule has 13 nitrogen and oxygen atoms in total. The maximum atomic E-state index is 14.4. The van der Waals surface area contributed by atoms with E-state index in [2.05, 4.69) is 16.4 Å². The number of aromatic nitrogens is 1. The van der Waals surface area contributed by atoms with Crippen molar-refractivity contribution in [1.82, 2.24) is 14.6 Å². The Morgan fingerprint density at radius 2 is 1.66 bits per heavy atom. The minimum Gasteiger partial charge on any atom is -0.489 e. The molecule has 0 aliphatic carbocycles. The van der Waals surface area contributed by atoms with E-state index in [0.717, 1.165) is 43.5 Å². The number of halogens is 1. The third kappa shape index (κ3) is 8.95. The van der Waals surface area contributed by atoms with Gasteiger partial charge in [-0.15, -0.1) is 0 Å². The molecule has 0 bridgehead atoms. The monoisotopic (exact) mass is 889 g/mol. The number of aryl methyl sites for hydroxylation is 2. The summed E-state index contributed by atoms with van der Waals surface area (Å²) in [6.07, 6.45) is -0.612. The van der Waals surface area contributed by atoms with Crippen LogP contribution >= 0.6 is 22.9 Å². The molecule has 3 heterocycles. The molecule has 4 N–H and O–H groups in total. The summed E-state index contributed by atoms with van der Waals surface area (Å²) in [5, 5.41) is 22.7. The summed E-state index contributed by atoms with van der Waals surface area (Å²) in [7, 11) is -4.37. The second-order valence-electron chi connectivity index (χ2n) is 15.1. The molecular weight excluding hydrogens is 850 g/mol. The Balaban J connectivity index is 1.01. The predicted octanol–water partition coefficient (Wildman–Crippen LogP) is 7.55. The summed E-state index contributed by atoms with van der Waals surface area (Å²) in [6, 6.07) is 30.4. The van der Waals surface area contributed by atoms with Crippen molar-refractivity contribution in [1.29, 1.82) is 5.26 Å². The highest BCUT2D eigenvalue weighted by Gasteiger charge is 2.43. The van der Waals surface area contributed by atoms with Crippen molar-refractivity contribution in [2.45, 2.75) is 62.2 Å². The van der Waals surface area contributed by atoms with Crippen molar-refractivity contribution in [3.05, 3.63) is 153 Å². The van der Waals surface area contributed by atoms with Crippen LogP contribution in [-0.4, -0.2) is 53.4 Å². The Morgan fingerprint density at radius 1 is 0.984 bits per heavy atom. The standard InChI is InChI=1S/C46H40ClN5O8S2/c1-26-3-4-30(17-37(26)47)24-58-36-15-13-33(14-16-36)42-25-59-40-20-34-19-39(52(23-35(34)21-41(40)60-42)62(56,57)45-27(2)50-46(49)61-45)43(53)51-38(44(54)55)18-28-5-9-31(10-6-28)32-11-7-29(22-48)8-12-32/h3-17,20-21,38-39,42H,18-19,23-25H2,1-2H3,(H2,49,50)(H,51,53)(H,54,55)/t38-,39?,42+/m0/s1. The first kappa shape index (κ1) is 42.3. The highest BCUT2D eigenvalue weighted by molar-refractivity contribution is 7.91. The molecule has 0 spiro atoms. The highest BCUT2D eigenvalue weighted by Crippen LogP contribution is 2.42. The van der Waals surface area contributed by atoms with E-state index in [-0.39, 0.29) is 41.0 Å². The number of rotatable bonds is 12. The molecular formula is C46H40ClN5O8S2. The van der Waals surface area contributed by atoms with E-state index < -0.39 is 40.1 Å². The average Bonchev–Trinajstić information content (AvgIpc) is 3.63. The van der Waals surface area contributed by atoms with E-state index in [4.69, 9.17) is 36.8 Å². The molecule has 8 rings (SSSR count). The number of nitrogens with two attached hydrogens (primary N) is 1. The van der Waals surface area contributed by atoms with Crippen molar-refractivity contribution in [3.63, 3.8) is 0 Å². The zero-order valence-electron chi connectivity index (χ0n) is 33.5. The maximum Gasteiger partial charge on any atom is 0.326 e. The molecule has 316 valence electrons. The molecule has 1 unspecified atom stereocenters. The van der Waals surface area contributed by atoms with Crippen LogP contribution in [0.4, 0.5) is 5.13 Å². The second kappa shape index (κ2) is 17.5. The Kier molecular flexibility index (Phi) is 11.9. The molecule has 6 aromatic rings. The van der Waals surface area contributed by atoms with Crippen molar-refractivity contribution in [2.75, 3.05) is 12.3 Å². The molecule has 0 saturated carbocycles. The number of carboxylic acid groups (broad SMARTS) is 1. The Labute approximate surface area is 367 Å². The molecule has 0 saturated heterocycles. The van der Waals surface area contributed by atoms with Crippen LogP contribution < -0.4 is 25.3 Å². The molecule has 3 atom stereocenters. The van der Waals surface area contributed by atoms with E-state index in [1.54, 1.807) is 36.4 Å². The number of thiazole rings is 1. The van der Waals surface area contributed by atoms with E-state index in [1.165, 1.54) is 6.92 Å². The van der Waals surface area contributed by atoms with Gasteiger partial charge in [0.1, 0.15) is 31.0 Å². The average molecular weight is 890 g/mol. The first-order valence-electron chi connectivity index (χ1n) is 19.6. The Bertz CT molecular complexity index is 2830. The SMILES string of the molecule is Cc1ccc(COc2ccc([C@H]3COc4cc5c(cc4O3)CN(S(=O)(=O)c3sc(N)nc3C)C(C(=O)N[C@@H](Cc3ccc(-c4ccc(C#N)cc4)cc3)C(=O)O)C5)cc2)cc1Cl. The van der Waals surface area contributed by atoms with Gasteiger partial charge in [0.2, 0.25) is 5.91 Å². The van der Waals surface area contributed by atoms with Crippen LogP contribution in [-0.2, 0) is 45.6 Å². The number of ether oxygens (including phenoxy) is 3. The van der Waals surface area contributed by atoms with E-state index in [0.29, 0.717) is 51.1 Å². The quantitative estimate of drug-likeness (QED) is 0.110. The van der Waals surface area contributed by atoms with E-state index in [1.807, 2.05) is 73.7 Å². The van der Waals surface area contributed by atoms with Gasteiger partial charge >= 0.3 is 5.97 Å². The number of anilines is 1. The van der Waals surface area contributed by atoms with Crippen molar-refractivity contribution in [3.8, 4) is 34.4 Å². The summed E-state index contributed by atoms with van der Waals surface area (Å²) >= 11 is 7.06. The van der Waals surface area contributed by atoms with Gasteiger partial charge in [0.05, 0.1) is 17.3 Å². The number of fused-ring (bicyclic) bond motifs is 2. The molecule has 62 heavy (non-hydrogen) atoms. The topological polar surface area (TPSA) is 194 Å². The van der Waals surface area contributed by atoms with Crippen LogP contribution in [0.5, 0.6) is 17.2 Å². The van der Waals surface area contributed by atoms with Gasteiger partial charge in [-0.2, -0.15) is 9.57 Å². The number of carbonyl (C=O) groups excluding carboxylic acids is 1. The minimum absolute atomic E-state index is 0.0528. The third-order valence-corrected chi connectivity index (χ3v) is 14.7. The number of carbonyl (C=O) groups is 2. The number of nitrogen functional groups attached to an aromatic ring is 1. The van der Waals surface area contributed by atoms with Crippen molar-refractivity contribution >= 4 is 50.0 Å². The third-order valence-electron chi connectivity index (χ3n) is 10.9. The second-order valence-corrected chi connectivity index (χ2v) is 18.6. The van der Waals surface area contributed by atoms with Crippen molar-refractivity contribution in [2.24, 2.45) is 0 Å². The van der Waals surface area contributed by atoms with Crippen LogP contribution in [0.15, 0.2) is 107 Å². The zero-order chi connectivity index (χ0) is 43.7. The molecule has 2 aliphatic heterocycles. The van der Waals surface area contributed by atoms with Gasteiger partial charge in [-0.3, -0.25) is 4.79 Å². The number of sulfonamides is 1. The summed E-state index contributed by atoms with van der Waals surface area (Å²) in [4.78, 5) is 30.9. The smallest absolute Gasteiger partial charge is 0.326 e. The number of hydrogen-bond acceptors (Lipinski definition) is 11. The number of carboxylic acids is 1. The van der Waals surface area contributed by atoms with Gasteiger partial charge in [-0.1, -0.05) is 83.6 Å². The Morgan fingerprint density at radius 3 is 2.31 bits per heavy atom. The fourth-order valence-electron chi connectivity index (χ4n) is 7.46. The highest BCUT2D eigenvalue weighted by atomic mass is 35.5.